The van der Waals surface area contributed by atoms with E-state index in [-0.39, 0.29) is 11.9 Å². The van der Waals surface area contributed by atoms with Gasteiger partial charge in [-0.05, 0) is 26.2 Å². The molecule has 0 radical (unpaired) electrons. The molecule has 1 aliphatic carbocycles. The number of hydrogen-bond donors (Lipinski definition) is 1. The van der Waals surface area contributed by atoms with E-state index in [0.29, 0.717) is 6.61 Å². The maximum atomic E-state index is 11.8. The number of ether oxygens (including phenoxy) is 2. The lowest BCUT2D eigenvalue weighted by Crippen LogP contribution is -2.14. The average molecular weight is 284 g/mol. The quantitative estimate of drug-likeness (QED) is 0.614. The average Bonchev–Trinajstić information content (AvgIpc) is 2.94. The number of anilines is 1. The zero-order chi connectivity index (χ0) is 13.7. The predicted molar refractivity (Wildman–Crippen MR) is 74.8 cm³/mol. The summed E-state index contributed by atoms with van der Waals surface area (Å²) in [6, 6.07) is 0. The second-order valence-corrected chi connectivity index (χ2v) is 5.53. The zero-order valence-electron chi connectivity index (χ0n) is 11.4. The number of carbonyl (C=O) groups excluding carboxylic acids is 1. The summed E-state index contributed by atoms with van der Waals surface area (Å²) in [5.41, 5.74) is 0.915. The Bertz CT molecular complexity index is 434. The molecular weight excluding hydrogens is 264 g/mol. The third-order valence-electron chi connectivity index (χ3n) is 3.09. The molecule has 1 aromatic rings. The molecule has 106 valence electrons. The summed E-state index contributed by atoms with van der Waals surface area (Å²) in [4.78, 5) is 17.6. The molecule has 0 amide bonds. The number of thiazole rings is 1. The summed E-state index contributed by atoms with van der Waals surface area (Å²) in [6.07, 6.45) is 2.70. The van der Waals surface area contributed by atoms with Crippen molar-refractivity contribution in [2.45, 2.75) is 32.1 Å². The number of nitrogens with zero attached hydrogens (tertiary/aromatic N) is 1. The molecule has 0 aliphatic heterocycles. The molecule has 1 N–H and O–H groups in total. The molecule has 0 saturated heterocycles. The smallest absolute Gasteiger partial charge is 0.315 e. The van der Waals surface area contributed by atoms with Gasteiger partial charge in [0.05, 0.1) is 12.3 Å². The summed E-state index contributed by atoms with van der Waals surface area (Å²) in [5.74, 6) is -0.307. The number of carbonyl (C=O) groups is 1. The van der Waals surface area contributed by atoms with Crippen molar-refractivity contribution in [3.63, 3.8) is 0 Å². The highest BCUT2D eigenvalue weighted by Crippen LogP contribution is 2.38. The van der Waals surface area contributed by atoms with Crippen LogP contribution in [0.3, 0.4) is 0 Å². The molecule has 19 heavy (non-hydrogen) atoms. The van der Waals surface area contributed by atoms with Gasteiger partial charge in [0.2, 0.25) is 0 Å². The topological polar surface area (TPSA) is 60.5 Å². The van der Waals surface area contributed by atoms with Crippen molar-refractivity contribution in [2.75, 3.05) is 32.2 Å². The minimum absolute atomic E-state index is 0.141. The number of nitrogens with one attached hydrogen (secondary N) is 1. The van der Waals surface area contributed by atoms with Crippen LogP contribution in [0.2, 0.25) is 0 Å². The van der Waals surface area contributed by atoms with E-state index in [1.54, 1.807) is 18.4 Å². The van der Waals surface area contributed by atoms with E-state index in [4.69, 9.17) is 9.47 Å². The normalized spacial score (nSPS) is 17.3. The van der Waals surface area contributed by atoms with E-state index in [2.05, 4.69) is 10.3 Å². The van der Waals surface area contributed by atoms with E-state index < -0.39 is 0 Å². The van der Waals surface area contributed by atoms with Crippen LogP contribution in [0.1, 0.15) is 36.3 Å². The summed E-state index contributed by atoms with van der Waals surface area (Å²) in [6.45, 7) is 3.84. The Balaban J connectivity index is 1.93. The molecule has 0 aromatic carbocycles. The van der Waals surface area contributed by atoms with Gasteiger partial charge in [-0.2, -0.15) is 0 Å². The Labute approximate surface area is 117 Å². The van der Waals surface area contributed by atoms with Gasteiger partial charge in [-0.1, -0.05) is 0 Å². The van der Waals surface area contributed by atoms with Crippen molar-refractivity contribution in [2.24, 2.45) is 0 Å². The molecule has 1 aromatic heterocycles. The Morgan fingerprint density at radius 2 is 2.42 bits per heavy atom. The highest BCUT2D eigenvalue weighted by Gasteiger charge is 2.33. The Morgan fingerprint density at radius 1 is 1.58 bits per heavy atom. The molecule has 1 aliphatic rings. The third kappa shape index (κ3) is 3.45. The largest absolute Gasteiger partial charge is 0.465 e. The van der Waals surface area contributed by atoms with Crippen LogP contribution in [0.25, 0.3) is 0 Å². The lowest BCUT2D eigenvalue weighted by molar-refractivity contribution is -0.145. The van der Waals surface area contributed by atoms with Crippen molar-refractivity contribution in [1.29, 1.82) is 0 Å². The van der Waals surface area contributed by atoms with Gasteiger partial charge >= 0.3 is 5.97 Å². The van der Waals surface area contributed by atoms with Crippen molar-refractivity contribution in [3.8, 4) is 0 Å². The number of fused-ring (bicyclic) bond motifs is 1. The molecule has 5 nitrogen and oxygen atoms in total. The molecule has 0 spiro atoms. The SMILES string of the molecule is CCOC(=O)C1CCc2sc(NCCCOC)nc21. The van der Waals surface area contributed by atoms with Crippen LogP contribution in [-0.4, -0.2) is 37.8 Å². The van der Waals surface area contributed by atoms with E-state index in [0.717, 1.165) is 43.2 Å². The second kappa shape index (κ2) is 6.86. The molecule has 1 atom stereocenters. The predicted octanol–water partition coefficient (Wildman–Crippen LogP) is 2.18. The lowest BCUT2D eigenvalue weighted by Gasteiger charge is -2.08. The fourth-order valence-electron chi connectivity index (χ4n) is 2.19. The summed E-state index contributed by atoms with van der Waals surface area (Å²) in [5, 5.41) is 4.17. The minimum Gasteiger partial charge on any atom is -0.465 e. The van der Waals surface area contributed by atoms with Crippen LogP contribution in [0.5, 0.6) is 0 Å². The van der Waals surface area contributed by atoms with E-state index in [1.807, 2.05) is 6.92 Å². The molecule has 1 unspecified atom stereocenters. The van der Waals surface area contributed by atoms with Gasteiger partial charge in [0.15, 0.2) is 5.13 Å². The highest BCUT2D eigenvalue weighted by atomic mass is 32.1. The van der Waals surface area contributed by atoms with Gasteiger partial charge in [0, 0.05) is 25.1 Å². The standard InChI is InChI=1S/C13H20N2O3S/c1-3-18-12(16)9-5-6-10-11(9)15-13(19-10)14-7-4-8-17-2/h9H,3-8H2,1-2H3,(H,14,15). The van der Waals surface area contributed by atoms with E-state index >= 15 is 0 Å². The molecule has 0 saturated carbocycles. The Kier molecular flexibility index (Phi) is 5.15. The van der Waals surface area contributed by atoms with E-state index in [1.165, 1.54) is 4.88 Å². The van der Waals surface area contributed by atoms with Crippen LogP contribution in [0.15, 0.2) is 0 Å². The van der Waals surface area contributed by atoms with Crippen molar-refractivity contribution in [3.05, 3.63) is 10.6 Å². The molecule has 2 rings (SSSR count). The molecule has 0 fully saturated rings. The lowest BCUT2D eigenvalue weighted by atomic mass is 10.1. The fourth-order valence-corrected chi connectivity index (χ4v) is 3.25. The maximum absolute atomic E-state index is 11.8. The second-order valence-electron chi connectivity index (χ2n) is 4.44. The Morgan fingerprint density at radius 3 is 3.16 bits per heavy atom. The molecular formula is C13H20N2O3S. The summed E-state index contributed by atoms with van der Waals surface area (Å²) < 4.78 is 10.1. The first kappa shape index (κ1) is 14.3. The van der Waals surface area contributed by atoms with Crippen LogP contribution < -0.4 is 5.32 Å². The molecule has 0 bridgehead atoms. The van der Waals surface area contributed by atoms with Crippen LogP contribution in [0, 0.1) is 0 Å². The van der Waals surface area contributed by atoms with Gasteiger partial charge in [-0.15, -0.1) is 11.3 Å². The molecule has 1 heterocycles. The van der Waals surface area contributed by atoms with Crippen molar-refractivity contribution in [1.82, 2.24) is 4.98 Å². The Hall–Kier alpha value is -1.14. The minimum atomic E-state index is -0.166. The number of aryl methyl sites for hydroxylation is 1. The fraction of sp³-hybridized carbons (Fsp3) is 0.692. The summed E-state index contributed by atoms with van der Waals surface area (Å²) in [7, 11) is 1.70. The van der Waals surface area contributed by atoms with Crippen molar-refractivity contribution < 1.29 is 14.3 Å². The molecule has 6 heteroatoms. The number of methoxy groups -OCH3 is 1. The number of aromatic nitrogens is 1. The first-order valence-corrected chi connectivity index (χ1v) is 7.47. The van der Waals surface area contributed by atoms with E-state index in [9.17, 15) is 4.79 Å². The van der Waals surface area contributed by atoms with Crippen LogP contribution >= 0.6 is 11.3 Å². The number of hydrogen-bond acceptors (Lipinski definition) is 6. The first-order chi connectivity index (χ1) is 9.26. The number of rotatable bonds is 7. The maximum Gasteiger partial charge on any atom is 0.315 e. The van der Waals surface area contributed by atoms with Gasteiger partial charge in [-0.25, -0.2) is 4.98 Å². The highest BCUT2D eigenvalue weighted by molar-refractivity contribution is 7.15. The van der Waals surface area contributed by atoms with Crippen LogP contribution in [-0.2, 0) is 20.7 Å². The zero-order valence-corrected chi connectivity index (χ0v) is 12.2. The number of esters is 1. The monoisotopic (exact) mass is 284 g/mol. The van der Waals surface area contributed by atoms with Crippen molar-refractivity contribution >= 4 is 22.4 Å². The third-order valence-corrected chi connectivity index (χ3v) is 4.18. The van der Waals surface area contributed by atoms with Gasteiger partial charge in [0.25, 0.3) is 0 Å². The van der Waals surface area contributed by atoms with Gasteiger partial charge < -0.3 is 14.8 Å². The van der Waals surface area contributed by atoms with Crippen LogP contribution in [0.4, 0.5) is 5.13 Å². The van der Waals surface area contributed by atoms with Gasteiger partial charge in [0.1, 0.15) is 5.92 Å². The summed E-state index contributed by atoms with van der Waals surface area (Å²) >= 11 is 1.65. The first-order valence-electron chi connectivity index (χ1n) is 6.65. The van der Waals surface area contributed by atoms with Gasteiger partial charge in [-0.3, -0.25) is 4.79 Å².